The predicted octanol–water partition coefficient (Wildman–Crippen LogP) is 2.60. The van der Waals surface area contributed by atoms with E-state index >= 15 is 0 Å². The van der Waals surface area contributed by atoms with Crippen LogP contribution in [0.25, 0.3) is 0 Å². The van der Waals surface area contributed by atoms with Crippen molar-refractivity contribution in [2.24, 2.45) is 11.8 Å². The first-order valence-corrected chi connectivity index (χ1v) is 8.42. The zero-order valence-corrected chi connectivity index (χ0v) is 13.5. The Kier molecular flexibility index (Phi) is 7.23. The summed E-state index contributed by atoms with van der Waals surface area (Å²) in [6.45, 7) is 5.56. The molecule has 0 aromatic heterocycles. The molecule has 1 saturated heterocycles. The third-order valence-electron chi connectivity index (χ3n) is 4.26. The summed E-state index contributed by atoms with van der Waals surface area (Å²) in [6.07, 6.45) is 4.35. The number of benzene rings is 1. The minimum Gasteiger partial charge on any atom is -0.494 e. The zero-order valence-electron chi connectivity index (χ0n) is 13.5. The first-order valence-electron chi connectivity index (χ1n) is 8.42. The van der Waals surface area contributed by atoms with Crippen LogP contribution in [0, 0.1) is 11.8 Å². The van der Waals surface area contributed by atoms with Gasteiger partial charge in [0.1, 0.15) is 5.75 Å². The number of carbonyl (C=O) groups excluding carboxylic acids is 1. The lowest BCUT2D eigenvalue weighted by Gasteiger charge is -2.23. The Hall–Kier alpha value is -1.55. The van der Waals surface area contributed by atoms with Crippen molar-refractivity contribution in [2.75, 3.05) is 26.2 Å². The lowest BCUT2D eigenvalue weighted by Crippen LogP contribution is -2.35. The van der Waals surface area contributed by atoms with Crippen molar-refractivity contribution in [1.29, 1.82) is 0 Å². The molecular formula is C18H28N2O2. The van der Waals surface area contributed by atoms with E-state index in [2.05, 4.69) is 10.6 Å². The highest BCUT2D eigenvalue weighted by Gasteiger charge is 2.15. The van der Waals surface area contributed by atoms with E-state index in [1.165, 1.54) is 12.8 Å². The maximum Gasteiger partial charge on any atom is 0.222 e. The summed E-state index contributed by atoms with van der Waals surface area (Å²) in [6, 6.07) is 9.73. The maximum absolute atomic E-state index is 12.0. The van der Waals surface area contributed by atoms with Gasteiger partial charge in [0.25, 0.3) is 0 Å². The minimum absolute atomic E-state index is 0.00630. The smallest absolute Gasteiger partial charge is 0.222 e. The van der Waals surface area contributed by atoms with Crippen molar-refractivity contribution in [1.82, 2.24) is 10.6 Å². The number of amides is 1. The fourth-order valence-corrected chi connectivity index (χ4v) is 2.75. The molecule has 1 heterocycles. The van der Waals surface area contributed by atoms with Crippen molar-refractivity contribution in [3.63, 3.8) is 0 Å². The van der Waals surface area contributed by atoms with Crippen LogP contribution in [0.3, 0.4) is 0 Å². The second-order valence-electron chi connectivity index (χ2n) is 6.14. The SMILES string of the molecule is CC(CCOc1ccccc1)C(=O)NCCC1CCCNC1. The number of piperidine rings is 1. The van der Waals surface area contributed by atoms with Crippen LogP contribution in [-0.2, 0) is 4.79 Å². The number of hydrogen-bond acceptors (Lipinski definition) is 3. The Bertz CT molecular complexity index is 430. The Morgan fingerprint density at radius 1 is 1.41 bits per heavy atom. The van der Waals surface area contributed by atoms with Crippen molar-refractivity contribution >= 4 is 5.91 Å². The van der Waals surface area contributed by atoms with E-state index in [4.69, 9.17) is 4.74 Å². The maximum atomic E-state index is 12.0. The molecule has 0 bridgehead atoms. The summed E-state index contributed by atoms with van der Waals surface area (Å²) in [5.41, 5.74) is 0. The van der Waals surface area contributed by atoms with Gasteiger partial charge in [0.15, 0.2) is 0 Å². The van der Waals surface area contributed by atoms with E-state index in [0.717, 1.165) is 38.2 Å². The van der Waals surface area contributed by atoms with Gasteiger partial charge in [0, 0.05) is 12.5 Å². The molecule has 1 fully saturated rings. The van der Waals surface area contributed by atoms with Crippen LogP contribution in [0.4, 0.5) is 0 Å². The van der Waals surface area contributed by atoms with Gasteiger partial charge in [-0.1, -0.05) is 25.1 Å². The number of ether oxygens (including phenoxy) is 1. The first kappa shape index (κ1) is 16.8. The van der Waals surface area contributed by atoms with Gasteiger partial charge in [-0.2, -0.15) is 0 Å². The molecule has 22 heavy (non-hydrogen) atoms. The molecule has 0 spiro atoms. The van der Waals surface area contributed by atoms with E-state index in [0.29, 0.717) is 12.5 Å². The highest BCUT2D eigenvalue weighted by molar-refractivity contribution is 5.78. The first-order chi connectivity index (χ1) is 10.8. The average Bonchev–Trinajstić information content (AvgIpc) is 2.56. The highest BCUT2D eigenvalue weighted by atomic mass is 16.5. The molecule has 0 radical (unpaired) electrons. The van der Waals surface area contributed by atoms with E-state index in [-0.39, 0.29) is 11.8 Å². The van der Waals surface area contributed by atoms with Gasteiger partial charge in [0.2, 0.25) is 5.91 Å². The van der Waals surface area contributed by atoms with Gasteiger partial charge in [0.05, 0.1) is 6.61 Å². The standard InChI is InChI=1S/C18H28N2O2/c1-15(10-13-22-17-7-3-2-4-8-17)18(21)20-12-9-16-6-5-11-19-14-16/h2-4,7-8,15-16,19H,5-6,9-14H2,1H3,(H,20,21). The predicted molar refractivity (Wildman–Crippen MR) is 88.9 cm³/mol. The number of carbonyl (C=O) groups is 1. The van der Waals surface area contributed by atoms with E-state index in [1.54, 1.807) is 0 Å². The Morgan fingerprint density at radius 2 is 2.23 bits per heavy atom. The van der Waals surface area contributed by atoms with Crippen molar-refractivity contribution < 1.29 is 9.53 Å². The summed E-state index contributed by atoms with van der Waals surface area (Å²) in [7, 11) is 0. The van der Waals surface area contributed by atoms with Gasteiger partial charge in [-0.15, -0.1) is 0 Å². The lowest BCUT2D eigenvalue weighted by molar-refractivity contribution is -0.124. The lowest BCUT2D eigenvalue weighted by atomic mass is 9.96. The second-order valence-corrected chi connectivity index (χ2v) is 6.14. The largest absolute Gasteiger partial charge is 0.494 e. The summed E-state index contributed by atoms with van der Waals surface area (Å²) in [5, 5.41) is 6.47. The molecule has 1 aliphatic heterocycles. The molecule has 1 aliphatic rings. The second kappa shape index (κ2) is 9.46. The van der Waals surface area contributed by atoms with E-state index in [1.807, 2.05) is 37.3 Å². The minimum atomic E-state index is -0.00630. The number of nitrogens with one attached hydrogen (secondary N) is 2. The topological polar surface area (TPSA) is 50.4 Å². The third kappa shape index (κ3) is 6.06. The normalized spacial score (nSPS) is 19.4. The van der Waals surface area contributed by atoms with Gasteiger partial charge in [-0.25, -0.2) is 0 Å². The van der Waals surface area contributed by atoms with E-state index in [9.17, 15) is 4.79 Å². The van der Waals surface area contributed by atoms with Crippen LogP contribution in [0.5, 0.6) is 5.75 Å². The molecule has 0 aliphatic carbocycles. The number of hydrogen-bond donors (Lipinski definition) is 2. The van der Waals surface area contributed by atoms with Crippen LogP contribution in [0.15, 0.2) is 30.3 Å². The molecule has 2 unspecified atom stereocenters. The quantitative estimate of drug-likeness (QED) is 0.776. The van der Waals surface area contributed by atoms with Crippen LogP contribution in [0.1, 0.15) is 32.6 Å². The molecule has 2 N–H and O–H groups in total. The van der Waals surface area contributed by atoms with Gasteiger partial charge >= 0.3 is 0 Å². The summed E-state index contributed by atoms with van der Waals surface area (Å²) in [4.78, 5) is 12.0. The van der Waals surface area contributed by atoms with E-state index < -0.39 is 0 Å². The molecule has 2 rings (SSSR count). The van der Waals surface area contributed by atoms with Crippen molar-refractivity contribution in [2.45, 2.75) is 32.6 Å². The Labute approximate surface area is 133 Å². The number of rotatable bonds is 8. The molecule has 1 amide bonds. The summed E-state index contributed by atoms with van der Waals surface area (Å²) in [5.74, 6) is 1.71. The molecular weight excluding hydrogens is 276 g/mol. The van der Waals surface area contributed by atoms with Gasteiger partial charge in [-0.05, 0) is 56.8 Å². The average molecular weight is 304 g/mol. The molecule has 1 aromatic rings. The van der Waals surface area contributed by atoms with Crippen LogP contribution >= 0.6 is 0 Å². The van der Waals surface area contributed by atoms with Crippen LogP contribution < -0.4 is 15.4 Å². The molecule has 1 aromatic carbocycles. The van der Waals surface area contributed by atoms with Gasteiger partial charge < -0.3 is 15.4 Å². The Morgan fingerprint density at radius 3 is 2.95 bits per heavy atom. The molecule has 0 saturated carbocycles. The van der Waals surface area contributed by atoms with Crippen LogP contribution in [-0.4, -0.2) is 32.1 Å². The Balaban J connectivity index is 1.56. The molecule has 4 nitrogen and oxygen atoms in total. The van der Waals surface area contributed by atoms with Crippen molar-refractivity contribution in [3.8, 4) is 5.75 Å². The molecule has 2 atom stereocenters. The molecule has 4 heteroatoms. The number of para-hydroxylation sites is 1. The van der Waals surface area contributed by atoms with Gasteiger partial charge in [-0.3, -0.25) is 4.79 Å². The zero-order chi connectivity index (χ0) is 15.6. The van der Waals surface area contributed by atoms with Crippen LogP contribution in [0.2, 0.25) is 0 Å². The summed E-state index contributed by atoms with van der Waals surface area (Å²) < 4.78 is 5.64. The molecule has 122 valence electrons. The third-order valence-corrected chi connectivity index (χ3v) is 4.26. The fourth-order valence-electron chi connectivity index (χ4n) is 2.75. The monoisotopic (exact) mass is 304 g/mol. The van der Waals surface area contributed by atoms with Crippen molar-refractivity contribution in [3.05, 3.63) is 30.3 Å². The highest BCUT2D eigenvalue weighted by Crippen LogP contribution is 2.13. The summed E-state index contributed by atoms with van der Waals surface area (Å²) >= 11 is 0. The fraction of sp³-hybridized carbons (Fsp3) is 0.611.